The largest absolute Gasteiger partial charge is 0.326 e. The van der Waals surface area contributed by atoms with Crippen LogP contribution in [0.15, 0.2) is 35.5 Å². The van der Waals surface area contributed by atoms with E-state index < -0.39 is 0 Å². The van der Waals surface area contributed by atoms with Crippen LogP contribution in [-0.2, 0) is 4.79 Å². The highest BCUT2D eigenvalue weighted by atomic mass is 32.2. The van der Waals surface area contributed by atoms with Gasteiger partial charge < -0.3 is 5.32 Å². The third-order valence-corrected chi connectivity index (χ3v) is 5.01. The molecule has 0 saturated heterocycles. The number of benzene rings is 1. The molecule has 146 valence electrons. The molecule has 3 rings (SSSR count). The molecule has 2 heterocycles. The first-order valence-electron chi connectivity index (χ1n) is 9.09. The standard InChI is InChI=1S/C20H23N5O2S/c1-12(2)9-18(27)22-16-7-5-15(6-8-16)17(26)11-28-20-24-23-19-21-13(3)10-14(4)25(19)20/h5-8,10,12H,9,11H2,1-4H3,(H,22,27). The number of carbonyl (C=O) groups is 2. The van der Waals surface area contributed by atoms with Gasteiger partial charge in [-0.05, 0) is 50.1 Å². The Bertz CT molecular complexity index is 1010. The fraction of sp³-hybridized carbons (Fsp3) is 0.350. The highest BCUT2D eigenvalue weighted by Gasteiger charge is 2.14. The second-order valence-electron chi connectivity index (χ2n) is 7.09. The first kappa shape index (κ1) is 20.0. The van der Waals surface area contributed by atoms with Crippen molar-refractivity contribution in [2.75, 3.05) is 11.1 Å². The molecule has 7 nitrogen and oxygen atoms in total. The number of amides is 1. The molecule has 0 atom stereocenters. The topological polar surface area (TPSA) is 89.2 Å². The van der Waals surface area contributed by atoms with Crippen LogP contribution in [0, 0.1) is 19.8 Å². The summed E-state index contributed by atoms with van der Waals surface area (Å²) in [4.78, 5) is 28.7. The highest BCUT2D eigenvalue weighted by molar-refractivity contribution is 7.99. The molecular formula is C20H23N5O2S. The number of hydrogen-bond donors (Lipinski definition) is 1. The summed E-state index contributed by atoms with van der Waals surface area (Å²) >= 11 is 1.33. The fourth-order valence-corrected chi connectivity index (χ4v) is 3.71. The number of rotatable bonds is 7. The zero-order valence-corrected chi connectivity index (χ0v) is 17.2. The summed E-state index contributed by atoms with van der Waals surface area (Å²) in [5.74, 6) is 1.04. The molecule has 1 aromatic carbocycles. The third-order valence-electron chi connectivity index (χ3n) is 4.08. The Hall–Kier alpha value is -2.74. The van der Waals surface area contributed by atoms with Gasteiger partial charge in [-0.2, -0.15) is 0 Å². The SMILES string of the molecule is Cc1cc(C)n2c(SCC(=O)c3ccc(NC(=O)CC(C)C)cc3)nnc2n1. The average Bonchev–Trinajstić information content (AvgIpc) is 3.02. The lowest BCUT2D eigenvalue weighted by molar-refractivity contribution is -0.116. The van der Waals surface area contributed by atoms with Crippen molar-refractivity contribution in [2.24, 2.45) is 5.92 Å². The maximum Gasteiger partial charge on any atom is 0.256 e. The minimum atomic E-state index is -0.0254. The molecule has 0 bridgehead atoms. The van der Waals surface area contributed by atoms with Gasteiger partial charge >= 0.3 is 0 Å². The number of carbonyl (C=O) groups excluding carboxylic acids is 2. The summed E-state index contributed by atoms with van der Waals surface area (Å²) < 4.78 is 1.85. The number of Topliss-reactive ketones (excluding diaryl/α,β-unsaturated/α-hetero) is 1. The van der Waals surface area contributed by atoms with Crippen molar-refractivity contribution >= 4 is 34.9 Å². The van der Waals surface area contributed by atoms with Crippen molar-refractivity contribution in [3.05, 3.63) is 47.3 Å². The molecule has 0 unspecified atom stereocenters. The number of thioether (sulfide) groups is 1. The summed E-state index contributed by atoms with van der Waals surface area (Å²) in [5.41, 5.74) is 3.14. The van der Waals surface area contributed by atoms with Crippen LogP contribution >= 0.6 is 11.8 Å². The number of anilines is 1. The lowest BCUT2D eigenvalue weighted by Gasteiger charge is -2.08. The number of aromatic nitrogens is 4. The lowest BCUT2D eigenvalue weighted by atomic mass is 10.1. The van der Waals surface area contributed by atoms with Gasteiger partial charge in [0.1, 0.15) is 0 Å². The zero-order valence-electron chi connectivity index (χ0n) is 16.4. The van der Waals surface area contributed by atoms with Gasteiger partial charge in [0.15, 0.2) is 10.9 Å². The van der Waals surface area contributed by atoms with Gasteiger partial charge in [-0.1, -0.05) is 25.6 Å². The Kier molecular flexibility index (Phi) is 6.08. The van der Waals surface area contributed by atoms with Gasteiger partial charge in [0.2, 0.25) is 5.91 Å². The molecule has 28 heavy (non-hydrogen) atoms. The van der Waals surface area contributed by atoms with Crippen molar-refractivity contribution < 1.29 is 9.59 Å². The van der Waals surface area contributed by atoms with E-state index >= 15 is 0 Å². The van der Waals surface area contributed by atoms with Crippen molar-refractivity contribution in [1.29, 1.82) is 0 Å². The predicted molar refractivity (Wildman–Crippen MR) is 110 cm³/mol. The monoisotopic (exact) mass is 397 g/mol. The van der Waals surface area contributed by atoms with Crippen LogP contribution in [0.1, 0.15) is 42.0 Å². The molecule has 3 aromatic rings. The van der Waals surface area contributed by atoms with Gasteiger partial charge in [-0.3, -0.25) is 14.0 Å². The number of nitrogens with one attached hydrogen (secondary N) is 1. The van der Waals surface area contributed by atoms with Crippen molar-refractivity contribution in [3.63, 3.8) is 0 Å². The van der Waals surface area contributed by atoms with Crippen LogP contribution in [-0.4, -0.2) is 37.0 Å². The van der Waals surface area contributed by atoms with E-state index in [1.165, 1.54) is 11.8 Å². The summed E-state index contributed by atoms with van der Waals surface area (Å²) in [6.45, 7) is 7.86. The smallest absolute Gasteiger partial charge is 0.256 e. The molecule has 0 radical (unpaired) electrons. The van der Waals surface area contributed by atoms with Crippen molar-refractivity contribution in [3.8, 4) is 0 Å². The van der Waals surface area contributed by atoms with E-state index in [1.807, 2.05) is 38.2 Å². The fourth-order valence-electron chi connectivity index (χ4n) is 2.83. The molecule has 2 aromatic heterocycles. The minimum absolute atomic E-state index is 0.0143. The Labute approximate surface area is 168 Å². The molecular weight excluding hydrogens is 374 g/mol. The summed E-state index contributed by atoms with van der Waals surface area (Å²) in [6.07, 6.45) is 0.470. The van der Waals surface area contributed by atoms with E-state index in [1.54, 1.807) is 24.3 Å². The maximum absolute atomic E-state index is 12.5. The van der Waals surface area contributed by atoms with Crippen LogP contribution in [0.3, 0.4) is 0 Å². The number of nitrogens with zero attached hydrogens (tertiary/aromatic N) is 4. The number of ketones is 1. The van der Waals surface area contributed by atoms with Crippen LogP contribution in [0.25, 0.3) is 5.78 Å². The minimum Gasteiger partial charge on any atom is -0.326 e. The van der Waals surface area contributed by atoms with Gasteiger partial charge in [0.05, 0.1) is 5.75 Å². The third kappa shape index (κ3) is 4.75. The second-order valence-corrected chi connectivity index (χ2v) is 8.03. The normalized spacial score (nSPS) is 11.2. The zero-order chi connectivity index (χ0) is 20.3. The first-order valence-corrected chi connectivity index (χ1v) is 10.1. The predicted octanol–water partition coefficient (Wildman–Crippen LogP) is 3.70. The summed E-state index contributed by atoms with van der Waals surface area (Å²) in [5, 5.41) is 11.7. The molecule has 0 aliphatic heterocycles. The van der Waals surface area contributed by atoms with Crippen LogP contribution in [0.2, 0.25) is 0 Å². The quantitative estimate of drug-likeness (QED) is 0.483. The van der Waals surface area contributed by atoms with Crippen molar-refractivity contribution in [1.82, 2.24) is 19.6 Å². The van der Waals surface area contributed by atoms with E-state index in [2.05, 4.69) is 20.5 Å². The number of aryl methyl sites for hydroxylation is 2. The molecule has 1 N–H and O–H groups in total. The molecule has 0 saturated carbocycles. The van der Waals surface area contributed by atoms with E-state index in [0.717, 1.165) is 11.4 Å². The molecule has 1 amide bonds. The Morgan fingerprint density at radius 2 is 1.86 bits per heavy atom. The maximum atomic E-state index is 12.5. The lowest BCUT2D eigenvalue weighted by Crippen LogP contribution is -2.14. The molecule has 0 fully saturated rings. The van der Waals surface area contributed by atoms with Crippen LogP contribution in [0.5, 0.6) is 0 Å². The molecule has 0 spiro atoms. The summed E-state index contributed by atoms with van der Waals surface area (Å²) in [6, 6.07) is 8.91. The number of hydrogen-bond acceptors (Lipinski definition) is 6. The Balaban J connectivity index is 1.63. The number of fused-ring (bicyclic) bond motifs is 1. The van der Waals surface area contributed by atoms with E-state index in [0.29, 0.717) is 34.5 Å². The van der Waals surface area contributed by atoms with Crippen LogP contribution in [0.4, 0.5) is 5.69 Å². The molecule has 8 heteroatoms. The average molecular weight is 398 g/mol. The van der Waals surface area contributed by atoms with Crippen molar-refractivity contribution in [2.45, 2.75) is 39.3 Å². The van der Waals surface area contributed by atoms with Gasteiger partial charge in [0.25, 0.3) is 5.78 Å². The van der Waals surface area contributed by atoms with E-state index in [-0.39, 0.29) is 17.4 Å². The van der Waals surface area contributed by atoms with Gasteiger partial charge in [-0.15, -0.1) is 10.2 Å². The second kappa shape index (κ2) is 8.52. The van der Waals surface area contributed by atoms with Gasteiger partial charge in [0, 0.05) is 29.1 Å². The van der Waals surface area contributed by atoms with E-state index in [4.69, 9.17) is 0 Å². The highest BCUT2D eigenvalue weighted by Crippen LogP contribution is 2.20. The van der Waals surface area contributed by atoms with E-state index in [9.17, 15) is 9.59 Å². The molecule has 0 aliphatic carbocycles. The first-order chi connectivity index (χ1) is 13.3. The Morgan fingerprint density at radius 1 is 1.14 bits per heavy atom. The summed E-state index contributed by atoms with van der Waals surface area (Å²) in [7, 11) is 0. The molecule has 0 aliphatic rings. The Morgan fingerprint density at radius 3 is 2.54 bits per heavy atom. The van der Waals surface area contributed by atoms with Crippen LogP contribution < -0.4 is 5.32 Å². The van der Waals surface area contributed by atoms with Gasteiger partial charge in [-0.25, -0.2) is 4.98 Å².